The van der Waals surface area contributed by atoms with E-state index in [-0.39, 0.29) is 5.78 Å². The number of ether oxygens (including phenoxy) is 1. The quantitative estimate of drug-likeness (QED) is 0.589. The highest BCUT2D eigenvalue weighted by Gasteiger charge is 2.22. The molecule has 23 heavy (non-hydrogen) atoms. The van der Waals surface area contributed by atoms with Gasteiger partial charge in [-0.25, -0.2) is 0 Å². The molecule has 0 heterocycles. The van der Waals surface area contributed by atoms with E-state index in [4.69, 9.17) is 10.5 Å². The van der Waals surface area contributed by atoms with Crippen LogP contribution in [0.5, 0.6) is 5.75 Å². The summed E-state index contributed by atoms with van der Waals surface area (Å²) in [5, 5.41) is 0. The van der Waals surface area contributed by atoms with Crippen LogP contribution >= 0.6 is 0 Å². The molecule has 0 fully saturated rings. The van der Waals surface area contributed by atoms with Crippen molar-refractivity contribution in [2.24, 2.45) is 0 Å². The number of hydrogen-bond acceptors (Lipinski definition) is 3. The summed E-state index contributed by atoms with van der Waals surface area (Å²) >= 11 is 0. The number of para-hydroxylation sites is 2. The largest absolute Gasteiger partial charge is 0.480 e. The molecule has 2 rings (SSSR count). The summed E-state index contributed by atoms with van der Waals surface area (Å²) in [6, 6.07) is 15.1. The lowest BCUT2D eigenvalue weighted by Crippen LogP contribution is -2.27. The van der Waals surface area contributed by atoms with Crippen molar-refractivity contribution in [2.75, 3.05) is 5.73 Å². The van der Waals surface area contributed by atoms with Crippen LogP contribution in [0.25, 0.3) is 0 Å². The number of nitrogen functional groups attached to an aromatic ring is 1. The number of benzene rings is 2. The average Bonchev–Trinajstić information content (AvgIpc) is 2.56. The van der Waals surface area contributed by atoms with Crippen molar-refractivity contribution in [3.05, 3.63) is 59.7 Å². The number of rotatable bonds is 7. The first-order valence-corrected chi connectivity index (χ1v) is 8.18. The Kier molecular flexibility index (Phi) is 5.80. The number of carbonyl (C=O) groups excluding carboxylic acids is 1. The Morgan fingerprint density at radius 3 is 2.30 bits per heavy atom. The third kappa shape index (κ3) is 4.35. The standard InChI is InChI=1S/C20H25NO2/c1-4-7-19(23-18-9-6-5-8-17(18)21)20(22)16-12-10-15(11-13-16)14(2)3/h5-6,8-14,19H,4,7,21H2,1-3H3. The van der Waals surface area contributed by atoms with Crippen molar-refractivity contribution in [1.82, 2.24) is 0 Å². The van der Waals surface area contributed by atoms with Crippen LogP contribution in [0.3, 0.4) is 0 Å². The Bertz CT molecular complexity index is 647. The highest BCUT2D eigenvalue weighted by Crippen LogP contribution is 2.24. The topological polar surface area (TPSA) is 52.3 Å². The second-order valence-electron chi connectivity index (χ2n) is 6.07. The van der Waals surface area contributed by atoms with Gasteiger partial charge in [-0.2, -0.15) is 0 Å². The second-order valence-corrected chi connectivity index (χ2v) is 6.07. The third-order valence-corrected chi connectivity index (χ3v) is 3.89. The van der Waals surface area contributed by atoms with Gasteiger partial charge < -0.3 is 10.5 Å². The van der Waals surface area contributed by atoms with E-state index in [2.05, 4.69) is 13.8 Å². The van der Waals surface area contributed by atoms with Gasteiger partial charge in [-0.3, -0.25) is 4.79 Å². The zero-order valence-electron chi connectivity index (χ0n) is 14.1. The number of anilines is 1. The van der Waals surface area contributed by atoms with E-state index >= 15 is 0 Å². The van der Waals surface area contributed by atoms with Gasteiger partial charge in [0, 0.05) is 5.56 Å². The molecular weight excluding hydrogens is 286 g/mol. The summed E-state index contributed by atoms with van der Waals surface area (Å²) in [7, 11) is 0. The van der Waals surface area contributed by atoms with Gasteiger partial charge in [0.25, 0.3) is 0 Å². The van der Waals surface area contributed by atoms with E-state index in [0.29, 0.717) is 29.3 Å². The van der Waals surface area contributed by atoms with Gasteiger partial charge in [0.1, 0.15) is 5.75 Å². The third-order valence-electron chi connectivity index (χ3n) is 3.89. The van der Waals surface area contributed by atoms with E-state index in [1.54, 1.807) is 12.1 Å². The van der Waals surface area contributed by atoms with E-state index in [9.17, 15) is 4.79 Å². The molecule has 2 N–H and O–H groups in total. The van der Waals surface area contributed by atoms with Crippen LogP contribution in [-0.4, -0.2) is 11.9 Å². The predicted octanol–water partition coefficient (Wildman–Crippen LogP) is 4.82. The Morgan fingerprint density at radius 2 is 1.74 bits per heavy atom. The van der Waals surface area contributed by atoms with Crippen molar-refractivity contribution >= 4 is 11.5 Å². The maximum absolute atomic E-state index is 12.8. The lowest BCUT2D eigenvalue weighted by atomic mass is 9.98. The minimum atomic E-state index is -0.505. The molecular formula is C20H25NO2. The van der Waals surface area contributed by atoms with Gasteiger partial charge in [-0.15, -0.1) is 0 Å². The van der Waals surface area contributed by atoms with Gasteiger partial charge in [0.2, 0.25) is 5.78 Å². The van der Waals surface area contributed by atoms with Crippen molar-refractivity contribution in [1.29, 1.82) is 0 Å². The molecule has 3 nitrogen and oxygen atoms in total. The first-order chi connectivity index (χ1) is 11.0. The van der Waals surface area contributed by atoms with Crippen LogP contribution in [0.4, 0.5) is 5.69 Å². The maximum Gasteiger partial charge on any atom is 0.203 e. The molecule has 0 bridgehead atoms. The minimum absolute atomic E-state index is 0.00501. The molecule has 1 atom stereocenters. The predicted molar refractivity (Wildman–Crippen MR) is 95.0 cm³/mol. The normalized spacial score (nSPS) is 12.2. The van der Waals surface area contributed by atoms with Crippen molar-refractivity contribution in [3.8, 4) is 5.75 Å². The van der Waals surface area contributed by atoms with Crippen LogP contribution in [-0.2, 0) is 0 Å². The molecule has 2 aromatic rings. The molecule has 3 heteroatoms. The number of nitrogens with two attached hydrogens (primary N) is 1. The first-order valence-electron chi connectivity index (χ1n) is 8.18. The van der Waals surface area contributed by atoms with E-state index in [1.165, 1.54) is 5.56 Å². The molecule has 0 aliphatic rings. The molecule has 2 aromatic carbocycles. The Labute approximate surface area is 138 Å². The summed E-state index contributed by atoms with van der Waals surface area (Å²) in [4.78, 5) is 12.8. The van der Waals surface area contributed by atoms with Gasteiger partial charge in [-0.05, 0) is 30.0 Å². The Balaban J connectivity index is 2.19. The summed E-state index contributed by atoms with van der Waals surface area (Å²) in [6.45, 7) is 6.32. The van der Waals surface area contributed by atoms with Crippen LogP contribution in [0, 0.1) is 0 Å². The van der Waals surface area contributed by atoms with Crippen LogP contribution in [0.1, 0.15) is 55.5 Å². The maximum atomic E-state index is 12.8. The average molecular weight is 311 g/mol. The fourth-order valence-electron chi connectivity index (χ4n) is 2.47. The summed E-state index contributed by atoms with van der Waals surface area (Å²) in [5.74, 6) is 1.02. The van der Waals surface area contributed by atoms with Gasteiger partial charge in [0.15, 0.2) is 6.10 Å². The molecule has 0 saturated carbocycles. The number of carbonyl (C=O) groups is 1. The fraction of sp³-hybridized carbons (Fsp3) is 0.350. The molecule has 0 aliphatic carbocycles. The number of hydrogen-bond donors (Lipinski definition) is 1. The van der Waals surface area contributed by atoms with Crippen LogP contribution in [0.2, 0.25) is 0 Å². The van der Waals surface area contributed by atoms with Gasteiger partial charge in [0.05, 0.1) is 5.69 Å². The molecule has 0 amide bonds. The second kappa shape index (κ2) is 7.82. The molecule has 1 unspecified atom stereocenters. The van der Waals surface area contributed by atoms with Crippen molar-refractivity contribution in [2.45, 2.75) is 45.6 Å². The minimum Gasteiger partial charge on any atom is -0.480 e. The van der Waals surface area contributed by atoms with E-state index in [1.807, 2.05) is 43.3 Å². The number of ketones is 1. The molecule has 0 aromatic heterocycles. The highest BCUT2D eigenvalue weighted by atomic mass is 16.5. The molecule has 0 aliphatic heterocycles. The lowest BCUT2D eigenvalue weighted by Gasteiger charge is -2.19. The fourth-order valence-corrected chi connectivity index (χ4v) is 2.47. The van der Waals surface area contributed by atoms with Crippen LogP contribution < -0.4 is 10.5 Å². The highest BCUT2D eigenvalue weighted by molar-refractivity contribution is 5.99. The number of Topliss-reactive ketones (excluding diaryl/α,β-unsaturated/α-hetero) is 1. The Morgan fingerprint density at radius 1 is 1.09 bits per heavy atom. The first kappa shape index (κ1) is 17.1. The Hall–Kier alpha value is -2.29. The zero-order chi connectivity index (χ0) is 16.8. The molecule has 122 valence electrons. The summed E-state index contributed by atoms with van der Waals surface area (Å²) < 4.78 is 5.91. The van der Waals surface area contributed by atoms with Gasteiger partial charge in [-0.1, -0.05) is 63.6 Å². The lowest BCUT2D eigenvalue weighted by molar-refractivity contribution is 0.0779. The smallest absolute Gasteiger partial charge is 0.203 e. The zero-order valence-corrected chi connectivity index (χ0v) is 14.1. The van der Waals surface area contributed by atoms with E-state index in [0.717, 1.165) is 6.42 Å². The molecule has 0 radical (unpaired) electrons. The van der Waals surface area contributed by atoms with E-state index < -0.39 is 6.10 Å². The van der Waals surface area contributed by atoms with Crippen LogP contribution in [0.15, 0.2) is 48.5 Å². The summed E-state index contributed by atoms with van der Waals surface area (Å²) in [6.07, 6.45) is 1.03. The van der Waals surface area contributed by atoms with Gasteiger partial charge >= 0.3 is 0 Å². The summed E-state index contributed by atoms with van der Waals surface area (Å²) in [5.41, 5.74) is 8.38. The molecule has 0 spiro atoms. The van der Waals surface area contributed by atoms with Crippen molar-refractivity contribution in [3.63, 3.8) is 0 Å². The monoisotopic (exact) mass is 311 g/mol. The molecule has 0 saturated heterocycles. The van der Waals surface area contributed by atoms with Crippen molar-refractivity contribution < 1.29 is 9.53 Å². The SMILES string of the molecule is CCCC(Oc1ccccc1N)C(=O)c1ccc(C(C)C)cc1.